The van der Waals surface area contributed by atoms with Crippen LogP contribution in [-0.4, -0.2) is 37.0 Å². The quantitative estimate of drug-likeness (QED) is 0.881. The number of hydrogen-bond donors (Lipinski definition) is 1. The second-order valence-corrected chi connectivity index (χ2v) is 4.83. The molecule has 1 atom stereocenters. The molecule has 0 saturated carbocycles. The van der Waals surface area contributed by atoms with Gasteiger partial charge in [-0.3, -0.25) is 4.79 Å². The van der Waals surface area contributed by atoms with Crippen molar-refractivity contribution in [3.63, 3.8) is 0 Å². The van der Waals surface area contributed by atoms with Crippen molar-refractivity contribution in [3.05, 3.63) is 29.3 Å². The molecule has 1 aliphatic heterocycles. The molecule has 1 saturated heterocycles. The average molecular weight is 269 g/mol. The molecule has 1 aromatic carbocycles. The Morgan fingerprint density at radius 3 is 2.89 bits per heavy atom. The normalized spacial score (nSPS) is 19.3. The van der Waals surface area contributed by atoms with Crippen LogP contribution in [0.25, 0.3) is 0 Å². The monoisotopic (exact) mass is 268 g/mol. The first-order valence-electron chi connectivity index (χ1n) is 6.06. The fourth-order valence-electron chi connectivity index (χ4n) is 2.06. The molecule has 5 heteroatoms. The van der Waals surface area contributed by atoms with Gasteiger partial charge < -0.3 is 15.4 Å². The summed E-state index contributed by atoms with van der Waals surface area (Å²) in [6, 6.07) is 7.32. The van der Waals surface area contributed by atoms with Crippen LogP contribution in [0.4, 0.5) is 0 Å². The fraction of sp³-hybridized carbons (Fsp3) is 0.462. The molecule has 0 aliphatic carbocycles. The van der Waals surface area contributed by atoms with Gasteiger partial charge in [-0.05, 0) is 24.6 Å². The van der Waals surface area contributed by atoms with Crippen LogP contribution in [0.2, 0.25) is 5.02 Å². The van der Waals surface area contributed by atoms with Crippen molar-refractivity contribution in [3.8, 4) is 5.75 Å². The van der Waals surface area contributed by atoms with Gasteiger partial charge in [-0.2, -0.15) is 0 Å². The van der Waals surface area contributed by atoms with Crippen molar-refractivity contribution >= 4 is 17.5 Å². The molecule has 18 heavy (non-hydrogen) atoms. The average Bonchev–Trinajstić information content (AvgIpc) is 2.73. The van der Waals surface area contributed by atoms with Gasteiger partial charge in [-0.15, -0.1) is 0 Å². The van der Waals surface area contributed by atoms with Gasteiger partial charge in [0.15, 0.2) is 0 Å². The van der Waals surface area contributed by atoms with Gasteiger partial charge in [0.2, 0.25) is 5.91 Å². The van der Waals surface area contributed by atoms with Crippen molar-refractivity contribution in [1.29, 1.82) is 0 Å². The summed E-state index contributed by atoms with van der Waals surface area (Å²) in [4.78, 5) is 13.4. The van der Waals surface area contributed by atoms with Gasteiger partial charge in [0, 0.05) is 13.0 Å². The Balaban J connectivity index is 1.79. The lowest BCUT2D eigenvalue weighted by atomic mass is 10.1. The zero-order chi connectivity index (χ0) is 13.0. The van der Waals surface area contributed by atoms with Crippen LogP contribution in [0.3, 0.4) is 0 Å². The molecule has 0 aromatic heterocycles. The van der Waals surface area contributed by atoms with Crippen LogP contribution in [-0.2, 0) is 4.79 Å². The van der Waals surface area contributed by atoms with Gasteiger partial charge >= 0.3 is 0 Å². The standard InChI is InChI=1S/C13H17ClN2O2/c14-11-3-1-2-4-12(11)18-6-5-16-9-10(8-15)7-13(16)17/h1-4,10H,5-9,15H2. The molecule has 4 nitrogen and oxygen atoms in total. The number of hydrogen-bond acceptors (Lipinski definition) is 3. The molecular weight excluding hydrogens is 252 g/mol. The Morgan fingerprint density at radius 2 is 2.22 bits per heavy atom. The summed E-state index contributed by atoms with van der Waals surface area (Å²) in [6.07, 6.45) is 0.558. The topological polar surface area (TPSA) is 55.6 Å². The van der Waals surface area contributed by atoms with Gasteiger partial charge in [0.05, 0.1) is 11.6 Å². The number of likely N-dealkylation sites (tertiary alicyclic amines) is 1. The molecule has 0 spiro atoms. The Bertz CT molecular complexity index is 425. The van der Waals surface area contributed by atoms with E-state index < -0.39 is 0 Å². The highest BCUT2D eigenvalue weighted by molar-refractivity contribution is 6.32. The minimum atomic E-state index is 0.160. The Labute approximate surface area is 112 Å². The third-order valence-corrected chi connectivity index (χ3v) is 3.40. The lowest BCUT2D eigenvalue weighted by Crippen LogP contribution is -2.30. The smallest absolute Gasteiger partial charge is 0.223 e. The molecule has 1 aromatic rings. The van der Waals surface area contributed by atoms with Crippen LogP contribution >= 0.6 is 11.6 Å². The molecule has 1 aliphatic rings. The zero-order valence-electron chi connectivity index (χ0n) is 10.1. The zero-order valence-corrected chi connectivity index (χ0v) is 10.9. The van der Waals surface area contributed by atoms with Crippen molar-refractivity contribution in [2.75, 3.05) is 26.2 Å². The molecule has 0 bridgehead atoms. The third kappa shape index (κ3) is 3.15. The summed E-state index contributed by atoms with van der Waals surface area (Å²) >= 11 is 5.97. The number of amides is 1. The summed E-state index contributed by atoms with van der Waals surface area (Å²) in [5.41, 5.74) is 5.57. The van der Waals surface area contributed by atoms with E-state index in [1.165, 1.54) is 0 Å². The number of para-hydroxylation sites is 1. The first-order chi connectivity index (χ1) is 8.70. The Hall–Kier alpha value is -1.26. The summed E-state index contributed by atoms with van der Waals surface area (Å²) in [6.45, 7) is 2.34. The summed E-state index contributed by atoms with van der Waals surface area (Å²) in [7, 11) is 0. The minimum absolute atomic E-state index is 0.160. The van der Waals surface area contributed by atoms with Crippen molar-refractivity contribution in [2.24, 2.45) is 11.7 Å². The first-order valence-corrected chi connectivity index (χ1v) is 6.43. The number of carbonyl (C=O) groups is 1. The van der Waals surface area contributed by atoms with E-state index in [2.05, 4.69) is 0 Å². The first kappa shape index (κ1) is 13.2. The minimum Gasteiger partial charge on any atom is -0.490 e. The SMILES string of the molecule is NCC1CC(=O)N(CCOc2ccccc2Cl)C1. The highest BCUT2D eigenvalue weighted by Gasteiger charge is 2.28. The van der Waals surface area contributed by atoms with Crippen molar-refractivity contribution in [1.82, 2.24) is 4.90 Å². The van der Waals surface area contributed by atoms with Crippen LogP contribution in [0.5, 0.6) is 5.75 Å². The van der Waals surface area contributed by atoms with E-state index in [1.54, 1.807) is 11.0 Å². The number of carbonyl (C=O) groups excluding carboxylic acids is 1. The number of ether oxygens (including phenoxy) is 1. The predicted molar refractivity (Wildman–Crippen MR) is 70.7 cm³/mol. The van der Waals surface area contributed by atoms with E-state index >= 15 is 0 Å². The molecule has 0 radical (unpaired) electrons. The molecule has 1 amide bonds. The maximum Gasteiger partial charge on any atom is 0.223 e. The number of nitrogens with zero attached hydrogens (tertiary/aromatic N) is 1. The highest BCUT2D eigenvalue weighted by Crippen LogP contribution is 2.23. The number of halogens is 1. The Kier molecular flexibility index (Phi) is 4.44. The van der Waals surface area contributed by atoms with Gasteiger partial charge in [-0.25, -0.2) is 0 Å². The van der Waals surface area contributed by atoms with Crippen LogP contribution < -0.4 is 10.5 Å². The van der Waals surface area contributed by atoms with E-state index in [9.17, 15) is 4.79 Å². The van der Waals surface area contributed by atoms with Crippen LogP contribution in [0.15, 0.2) is 24.3 Å². The fourth-order valence-corrected chi connectivity index (χ4v) is 2.25. The molecule has 2 rings (SSSR count). The van der Waals surface area contributed by atoms with Gasteiger partial charge in [-0.1, -0.05) is 23.7 Å². The van der Waals surface area contributed by atoms with Crippen LogP contribution in [0, 0.1) is 5.92 Å². The second-order valence-electron chi connectivity index (χ2n) is 4.42. The van der Waals surface area contributed by atoms with E-state index in [-0.39, 0.29) is 11.8 Å². The Morgan fingerprint density at radius 1 is 1.44 bits per heavy atom. The molecular formula is C13H17ClN2O2. The molecule has 1 fully saturated rings. The van der Waals surface area contributed by atoms with E-state index in [0.29, 0.717) is 36.9 Å². The van der Waals surface area contributed by atoms with E-state index in [0.717, 1.165) is 6.54 Å². The van der Waals surface area contributed by atoms with E-state index in [4.69, 9.17) is 22.1 Å². The predicted octanol–water partition coefficient (Wildman–Crippen LogP) is 1.53. The summed E-state index contributed by atoms with van der Waals surface area (Å²) < 4.78 is 5.56. The lowest BCUT2D eigenvalue weighted by molar-refractivity contribution is -0.128. The van der Waals surface area contributed by atoms with Crippen molar-refractivity contribution < 1.29 is 9.53 Å². The highest BCUT2D eigenvalue weighted by atomic mass is 35.5. The second kappa shape index (κ2) is 6.07. The van der Waals surface area contributed by atoms with Crippen molar-refractivity contribution in [2.45, 2.75) is 6.42 Å². The molecule has 98 valence electrons. The summed E-state index contributed by atoms with van der Waals surface area (Å²) in [5, 5.41) is 0.588. The summed E-state index contributed by atoms with van der Waals surface area (Å²) in [5.74, 6) is 1.10. The van der Waals surface area contributed by atoms with Crippen LogP contribution in [0.1, 0.15) is 6.42 Å². The van der Waals surface area contributed by atoms with Gasteiger partial charge in [0.1, 0.15) is 12.4 Å². The lowest BCUT2D eigenvalue weighted by Gasteiger charge is -2.17. The van der Waals surface area contributed by atoms with Gasteiger partial charge in [0.25, 0.3) is 0 Å². The molecule has 2 N–H and O–H groups in total. The maximum absolute atomic E-state index is 11.6. The van der Waals surface area contributed by atoms with E-state index in [1.807, 2.05) is 18.2 Å². The maximum atomic E-state index is 11.6. The number of nitrogens with two attached hydrogens (primary N) is 1. The molecule has 1 unspecified atom stereocenters. The number of benzene rings is 1. The number of rotatable bonds is 5. The third-order valence-electron chi connectivity index (χ3n) is 3.08. The molecule has 1 heterocycles. The largest absolute Gasteiger partial charge is 0.490 e.